The molecule has 0 unspecified atom stereocenters. The molecule has 36 valence electrons. The highest BCUT2D eigenvalue weighted by molar-refractivity contribution is 6.59. The summed E-state index contributed by atoms with van der Waals surface area (Å²) in [6.07, 6.45) is -0.139. The Labute approximate surface area is 43.3 Å². The van der Waals surface area contributed by atoms with E-state index in [0.29, 0.717) is 0 Å². The van der Waals surface area contributed by atoms with Gasteiger partial charge in [0.15, 0.2) is 7.85 Å². The zero-order valence-corrected chi connectivity index (χ0v) is 4.10. The second kappa shape index (κ2) is 2.56. The zero-order chi connectivity index (χ0) is 5.86. The van der Waals surface area contributed by atoms with Crippen molar-refractivity contribution in [2.24, 2.45) is 0 Å². The van der Waals surface area contributed by atoms with Crippen LogP contribution in [0.2, 0.25) is 0 Å². The summed E-state index contributed by atoms with van der Waals surface area (Å²) in [4.78, 5) is 19.8. The molecule has 0 saturated heterocycles. The van der Waals surface area contributed by atoms with Gasteiger partial charge >= 0.3 is 0 Å². The van der Waals surface area contributed by atoms with Crippen LogP contribution in [-0.4, -0.2) is 19.3 Å². The van der Waals surface area contributed by atoms with Gasteiger partial charge < -0.3 is 4.79 Å². The normalized spacial score (nSPS) is 8.14. The SMILES string of the molecule is [B]C(=O)CC(C)=O. The van der Waals surface area contributed by atoms with Gasteiger partial charge in [0, 0.05) is 0 Å². The molecule has 0 spiro atoms. The molecule has 0 fully saturated rings. The van der Waals surface area contributed by atoms with Crippen LogP contribution in [0.4, 0.5) is 0 Å². The van der Waals surface area contributed by atoms with E-state index in [1.54, 1.807) is 0 Å². The summed E-state index contributed by atoms with van der Waals surface area (Å²) in [5, 5.41) is 0. The quantitative estimate of drug-likeness (QED) is 0.348. The number of hydrogen-bond acceptors (Lipinski definition) is 2. The first-order valence-electron chi connectivity index (χ1n) is 1.90. The fraction of sp³-hybridized carbons (Fsp3) is 0.500. The summed E-state index contributed by atoms with van der Waals surface area (Å²) in [6, 6.07) is 0. The van der Waals surface area contributed by atoms with Crippen LogP contribution in [-0.2, 0) is 9.59 Å². The van der Waals surface area contributed by atoms with Gasteiger partial charge in [-0.25, -0.2) is 0 Å². The third kappa shape index (κ3) is 5.40. The molecule has 2 radical (unpaired) electrons. The third-order valence-electron chi connectivity index (χ3n) is 0.423. The van der Waals surface area contributed by atoms with E-state index in [9.17, 15) is 9.59 Å². The fourth-order valence-electron chi connectivity index (χ4n) is 0.245. The van der Waals surface area contributed by atoms with Crippen LogP contribution in [0.25, 0.3) is 0 Å². The summed E-state index contributed by atoms with van der Waals surface area (Å²) in [7, 11) is 4.63. The fourth-order valence-corrected chi connectivity index (χ4v) is 0.245. The Morgan fingerprint density at radius 3 is 2.00 bits per heavy atom. The van der Waals surface area contributed by atoms with Gasteiger partial charge in [0.05, 0.1) is 12.1 Å². The van der Waals surface area contributed by atoms with Crippen LogP contribution < -0.4 is 0 Å². The van der Waals surface area contributed by atoms with Crippen molar-refractivity contribution in [2.75, 3.05) is 0 Å². The second-order valence-electron chi connectivity index (χ2n) is 1.35. The van der Waals surface area contributed by atoms with Crippen molar-refractivity contribution in [1.29, 1.82) is 0 Å². The molecule has 0 saturated carbocycles. The topological polar surface area (TPSA) is 34.1 Å². The number of carbonyl (C=O) groups excluding carboxylic acids is 2. The molecule has 0 amide bonds. The lowest BCUT2D eigenvalue weighted by Crippen LogP contribution is -2.01. The van der Waals surface area contributed by atoms with Gasteiger partial charge in [-0.05, 0) is 6.92 Å². The molecule has 0 aromatic heterocycles. The molecule has 0 atom stereocenters. The van der Waals surface area contributed by atoms with E-state index >= 15 is 0 Å². The lowest BCUT2D eigenvalue weighted by atomic mass is 9.98. The molecular formula is C4H5BO2. The minimum atomic E-state index is -0.562. The van der Waals surface area contributed by atoms with Crippen molar-refractivity contribution in [2.45, 2.75) is 13.3 Å². The molecule has 0 rings (SSSR count). The molecule has 0 aromatic rings. The predicted octanol–water partition coefficient (Wildman–Crippen LogP) is -0.339. The van der Waals surface area contributed by atoms with Gasteiger partial charge in [-0.2, -0.15) is 0 Å². The van der Waals surface area contributed by atoms with Gasteiger partial charge in [-0.15, -0.1) is 0 Å². The summed E-state index contributed by atoms with van der Waals surface area (Å²) in [5.41, 5.74) is -0.562. The third-order valence-corrected chi connectivity index (χ3v) is 0.423. The maximum absolute atomic E-state index is 9.95. The maximum Gasteiger partial charge on any atom is 0.168 e. The molecule has 7 heavy (non-hydrogen) atoms. The number of Topliss-reactive ketones (excluding diaryl/α,β-unsaturated/α-hetero) is 1. The number of rotatable bonds is 2. The number of ketones is 1. The van der Waals surface area contributed by atoms with Gasteiger partial charge in [0.2, 0.25) is 0 Å². The molecule has 0 bridgehead atoms. The summed E-state index contributed by atoms with van der Waals surface area (Å²) in [6.45, 7) is 1.32. The van der Waals surface area contributed by atoms with Crippen LogP contribution in [0.1, 0.15) is 13.3 Å². The van der Waals surface area contributed by atoms with E-state index in [-0.39, 0.29) is 12.2 Å². The van der Waals surface area contributed by atoms with Crippen molar-refractivity contribution >= 4 is 19.3 Å². The van der Waals surface area contributed by atoms with Gasteiger partial charge in [0.1, 0.15) is 5.78 Å². The molecule has 2 nitrogen and oxygen atoms in total. The number of hydrogen-bond donors (Lipinski definition) is 0. The van der Waals surface area contributed by atoms with Crippen LogP contribution in [0.5, 0.6) is 0 Å². The largest absolute Gasteiger partial charge is 0.312 e. The summed E-state index contributed by atoms with van der Waals surface area (Å²) >= 11 is 0. The van der Waals surface area contributed by atoms with E-state index in [1.165, 1.54) is 6.92 Å². The van der Waals surface area contributed by atoms with Gasteiger partial charge in [0.25, 0.3) is 0 Å². The lowest BCUT2D eigenvalue weighted by molar-refractivity contribution is -0.122. The Morgan fingerprint density at radius 2 is 2.00 bits per heavy atom. The highest BCUT2D eigenvalue weighted by Crippen LogP contribution is 1.77. The van der Waals surface area contributed by atoms with E-state index in [4.69, 9.17) is 0 Å². The maximum atomic E-state index is 9.95. The van der Waals surface area contributed by atoms with Crippen LogP contribution in [0.15, 0.2) is 0 Å². The zero-order valence-electron chi connectivity index (χ0n) is 4.10. The minimum absolute atomic E-state index is 0.139. The minimum Gasteiger partial charge on any atom is -0.312 e. The Bertz CT molecular complexity index is 85.9. The van der Waals surface area contributed by atoms with Crippen molar-refractivity contribution in [3.05, 3.63) is 0 Å². The van der Waals surface area contributed by atoms with Crippen molar-refractivity contribution in [3.63, 3.8) is 0 Å². The molecular weight excluding hydrogens is 90.9 g/mol. The first-order valence-corrected chi connectivity index (χ1v) is 1.90. The van der Waals surface area contributed by atoms with Crippen molar-refractivity contribution in [1.82, 2.24) is 0 Å². The molecule has 0 N–H and O–H groups in total. The van der Waals surface area contributed by atoms with E-state index in [2.05, 4.69) is 7.85 Å². The smallest absolute Gasteiger partial charge is 0.168 e. The Kier molecular flexibility index (Phi) is 2.34. The first-order chi connectivity index (χ1) is 3.13. The molecule has 0 aliphatic rings. The summed E-state index contributed by atoms with van der Waals surface area (Å²) in [5.74, 6) is -0.187. The van der Waals surface area contributed by atoms with Gasteiger partial charge in [-0.1, -0.05) is 0 Å². The van der Waals surface area contributed by atoms with Crippen molar-refractivity contribution < 1.29 is 9.59 Å². The van der Waals surface area contributed by atoms with Crippen LogP contribution in [0.3, 0.4) is 0 Å². The lowest BCUT2D eigenvalue weighted by Gasteiger charge is -1.82. The highest BCUT2D eigenvalue weighted by Gasteiger charge is 1.94. The average molecular weight is 95.9 g/mol. The standard InChI is InChI=1S/C4H5BO2/c1-3(6)2-4(5)7/h2H2,1H3. The monoisotopic (exact) mass is 96.0 g/mol. The average Bonchev–Trinajstić information content (AvgIpc) is 1.27. The first kappa shape index (κ1) is 6.40. The molecule has 0 heterocycles. The van der Waals surface area contributed by atoms with Crippen LogP contribution >= 0.6 is 0 Å². The molecule has 0 aliphatic carbocycles. The molecule has 3 heteroatoms. The molecule has 0 aliphatic heterocycles. The Morgan fingerprint density at radius 1 is 1.57 bits per heavy atom. The van der Waals surface area contributed by atoms with E-state index in [0.717, 1.165) is 0 Å². The van der Waals surface area contributed by atoms with Crippen molar-refractivity contribution in [3.8, 4) is 0 Å². The van der Waals surface area contributed by atoms with E-state index in [1.807, 2.05) is 0 Å². The number of carbonyl (C=O) groups is 2. The highest BCUT2D eigenvalue weighted by atomic mass is 16.1. The van der Waals surface area contributed by atoms with Gasteiger partial charge in [-0.3, -0.25) is 4.79 Å². The Balaban J connectivity index is 3.32. The van der Waals surface area contributed by atoms with Crippen LogP contribution in [0, 0.1) is 0 Å². The summed E-state index contributed by atoms with van der Waals surface area (Å²) < 4.78 is 0. The predicted molar refractivity (Wildman–Crippen MR) is 26.1 cm³/mol. The second-order valence-corrected chi connectivity index (χ2v) is 1.35. The Hall–Kier alpha value is -0.595. The van der Waals surface area contributed by atoms with E-state index < -0.39 is 5.68 Å². The molecule has 0 aromatic carbocycles.